The molecule has 82 valence electrons. The molecular weight excluding hydrogens is 258 g/mol. The van der Waals surface area contributed by atoms with Crippen LogP contribution in [-0.2, 0) is 16.1 Å². The summed E-state index contributed by atoms with van der Waals surface area (Å²) in [6, 6.07) is 8.02. The topological polar surface area (TPSA) is 29.5 Å². The predicted molar refractivity (Wildman–Crippen MR) is 62.5 cm³/mol. The number of rotatable bonds is 4. The van der Waals surface area contributed by atoms with Crippen LogP contribution in [0.15, 0.2) is 28.7 Å². The number of hydrogen-bond donors (Lipinski definition) is 0. The van der Waals surface area contributed by atoms with E-state index in [0.717, 1.165) is 16.6 Å². The van der Waals surface area contributed by atoms with Crippen LogP contribution in [0.5, 0.6) is 0 Å². The van der Waals surface area contributed by atoms with Crippen molar-refractivity contribution in [1.29, 1.82) is 0 Å². The second-order valence-corrected chi connectivity index (χ2v) is 4.29. The van der Waals surface area contributed by atoms with Gasteiger partial charge in [-0.2, -0.15) is 0 Å². The Bertz CT molecular complexity index is 341. The van der Waals surface area contributed by atoms with Gasteiger partial charge in [-0.05, 0) is 24.7 Å². The van der Waals surface area contributed by atoms with Crippen molar-refractivity contribution in [2.75, 3.05) is 20.7 Å². The van der Waals surface area contributed by atoms with Crippen LogP contribution in [0.3, 0.4) is 0 Å². The van der Waals surface area contributed by atoms with Crippen LogP contribution in [-0.4, -0.2) is 31.6 Å². The van der Waals surface area contributed by atoms with Crippen molar-refractivity contribution < 1.29 is 9.53 Å². The summed E-state index contributed by atoms with van der Waals surface area (Å²) in [6.45, 7) is 1.04. The first-order chi connectivity index (χ1) is 7.11. The highest BCUT2D eigenvalue weighted by Crippen LogP contribution is 2.12. The van der Waals surface area contributed by atoms with Crippen LogP contribution in [0.25, 0.3) is 0 Å². The van der Waals surface area contributed by atoms with E-state index < -0.39 is 0 Å². The molecule has 0 aromatic heterocycles. The minimum Gasteiger partial charge on any atom is -0.468 e. The maximum absolute atomic E-state index is 11.0. The van der Waals surface area contributed by atoms with Crippen LogP contribution in [0.2, 0.25) is 0 Å². The molecule has 0 aliphatic carbocycles. The van der Waals surface area contributed by atoms with Gasteiger partial charge in [0.2, 0.25) is 0 Å². The fourth-order valence-electron chi connectivity index (χ4n) is 1.29. The Balaban J connectivity index is 2.51. The summed E-state index contributed by atoms with van der Waals surface area (Å²) in [4.78, 5) is 12.9. The molecule has 4 heteroatoms. The molecule has 0 radical (unpaired) electrons. The van der Waals surface area contributed by atoms with Gasteiger partial charge in [0.1, 0.15) is 0 Å². The Morgan fingerprint density at radius 3 is 2.87 bits per heavy atom. The van der Waals surface area contributed by atoms with Crippen LogP contribution in [0, 0.1) is 0 Å². The van der Waals surface area contributed by atoms with E-state index >= 15 is 0 Å². The quantitative estimate of drug-likeness (QED) is 0.786. The Morgan fingerprint density at radius 2 is 2.27 bits per heavy atom. The Labute approximate surface area is 98.2 Å². The molecule has 0 spiro atoms. The summed E-state index contributed by atoms with van der Waals surface area (Å²) < 4.78 is 5.64. The van der Waals surface area contributed by atoms with Gasteiger partial charge in [0.25, 0.3) is 0 Å². The molecule has 1 aromatic rings. The van der Waals surface area contributed by atoms with E-state index in [1.165, 1.54) is 7.11 Å². The maximum atomic E-state index is 11.0. The number of methoxy groups -OCH3 is 1. The van der Waals surface area contributed by atoms with E-state index in [0.29, 0.717) is 6.54 Å². The van der Waals surface area contributed by atoms with E-state index in [2.05, 4.69) is 20.7 Å². The molecule has 0 atom stereocenters. The van der Waals surface area contributed by atoms with Crippen LogP contribution in [0.4, 0.5) is 0 Å². The molecule has 1 aromatic carbocycles. The van der Waals surface area contributed by atoms with Crippen molar-refractivity contribution in [2.45, 2.75) is 6.54 Å². The van der Waals surface area contributed by atoms with Crippen molar-refractivity contribution >= 4 is 21.9 Å². The maximum Gasteiger partial charge on any atom is 0.319 e. The van der Waals surface area contributed by atoms with Crippen LogP contribution in [0.1, 0.15) is 5.56 Å². The molecule has 0 unspecified atom stereocenters. The van der Waals surface area contributed by atoms with E-state index in [4.69, 9.17) is 0 Å². The highest BCUT2D eigenvalue weighted by molar-refractivity contribution is 9.10. The number of hydrogen-bond acceptors (Lipinski definition) is 3. The molecule has 0 amide bonds. The monoisotopic (exact) mass is 271 g/mol. The van der Waals surface area contributed by atoms with Crippen LogP contribution < -0.4 is 0 Å². The summed E-state index contributed by atoms with van der Waals surface area (Å²) >= 11 is 3.41. The first-order valence-electron chi connectivity index (χ1n) is 4.61. The summed E-state index contributed by atoms with van der Waals surface area (Å²) in [5.74, 6) is -0.215. The smallest absolute Gasteiger partial charge is 0.319 e. The van der Waals surface area contributed by atoms with Gasteiger partial charge in [0.15, 0.2) is 0 Å². The molecule has 0 fully saturated rings. The number of ether oxygens (including phenoxy) is 1. The zero-order chi connectivity index (χ0) is 11.3. The second-order valence-electron chi connectivity index (χ2n) is 3.38. The molecule has 0 N–H and O–H groups in total. The average Bonchev–Trinajstić information content (AvgIpc) is 2.17. The third-order valence-corrected chi connectivity index (χ3v) is 2.46. The number of likely N-dealkylation sites (N-methyl/N-ethyl adjacent to an activating group) is 1. The molecule has 0 aliphatic rings. The number of benzene rings is 1. The largest absolute Gasteiger partial charge is 0.468 e. The summed E-state index contributed by atoms with van der Waals surface area (Å²) in [5.41, 5.74) is 1.16. The second kappa shape index (κ2) is 5.88. The normalized spacial score (nSPS) is 10.4. The number of halogens is 1. The van der Waals surface area contributed by atoms with Crippen molar-refractivity contribution in [2.24, 2.45) is 0 Å². The standard InChI is InChI=1S/C11H14BrNO2/c1-13(8-11(14)15-2)7-9-4-3-5-10(12)6-9/h3-6H,7-8H2,1-2H3. The highest BCUT2D eigenvalue weighted by atomic mass is 79.9. The van der Waals surface area contributed by atoms with Gasteiger partial charge in [-0.1, -0.05) is 28.1 Å². The Kier molecular flexibility index (Phi) is 4.78. The predicted octanol–water partition coefficient (Wildman–Crippen LogP) is 2.05. The highest BCUT2D eigenvalue weighted by Gasteiger charge is 2.06. The Morgan fingerprint density at radius 1 is 1.53 bits per heavy atom. The van der Waals surface area contributed by atoms with Gasteiger partial charge in [0.05, 0.1) is 13.7 Å². The van der Waals surface area contributed by atoms with E-state index in [1.54, 1.807) is 0 Å². The third kappa shape index (κ3) is 4.44. The minimum absolute atomic E-state index is 0.215. The number of carbonyl (C=O) groups excluding carboxylic acids is 1. The molecule has 0 saturated heterocycles. The fraction of sp³-hybridized carbons (Fsp3) is 0.364. The first kappa shape index (κ1) is 12.2. The van der Waals surface area contributed by atoms with Gasteiger partial charge in [-0.15, -0.1) is 0 Å². The van der Waals surface area contributed by atoms with Crippen LogP contribution >= 0.6 is 15.9 Å². The first-order valence-corrected chi connectivity index (χ1v) is 5.41. The lowest BCUT2D eigenvalue weighted by Gasteiger charge is -2.14. The van der Waals surface area contributed by atoms with Gasteiger partial charge in [-0.3, -0.25) is 9.69 Å². The van der Waals surface area contributed by atoms with E-state index in [1.807, 2.05) is 36.2 Å². The van der Waals surface area contributed by atoms with Crippen molar-refractivity contribution in [1.82, 2.24) is 4.90 Å². The lowest BCUT2D eigenvalue weighted by Crippen LogP contribution is -2.26. The van der Waals surface area contributed by atoms with E-state index in [-0.39, 0.29) is 5.97 Å². The fourth-order valence-corrected chi connectivity index (χ4v) is 1.73. The Hall–Kier alpha value is -0.870. The molecular formula is C11H14BrNO2. The molecule has 0 bridgehead atoms. The molecule has 0 heterocycles. The number of nitrogens with zero attached hydrogens (tertiary/aromatic N) is 1. The zero-order valence-electron chi connectivity index (χ0n) is 8.87. The van der Waals surface area contributed by atoms with E-state index in [9.17, 15) is 4.79 Å². The van der Waals surface area contributed by atoms with Gasteiger partial charge >= 0.3 is 5.97 Å². The van der Waals surface area contributed by atoms with Crippen molar-refractivity contribution in [3.8, 4) is 0 Å². The molecule has 1 rings (SSSR count). The lowest BCUT2D eigenvalue weighted by molar-refractivity contribution is -0.141. The number of carbonyl (C=O) groups is 1. The SMILES string of the molecule is COC(=O)CN(C)Cc1cccc(Br)c1. The van der Waals surface area contributed by atoms with Gasteiger partial charge in [0, 0.05) is 11.0 Å². The molecule has 0 saturated carbocycles. The average molecular weight is 272 g/mol. The third-order valence-electron chi connectivity index (χ3n) is 1.97. The molecule has 3 nitrogen and oxygen atoms in total. The summed E-state index contributed by atoms with van der Waals surface area (Å²) in [7, 11) is 3.28. The van der Waals surface area contributed by atoms with Crippen molar-refractivity contribution in [3.05, 3.63) is 34.3 Å². The minimum atomic E-state index is -0.215. The lowest BCUT2D eigenvalue weighted by atomic mass is 10.2. The number of esters is 1. The molecule has 0 aliphatic heterocycles. The molecule has 15 heavy (non-hydrogen) atoms. The van der Waals surface area contributed by atoms with Gasteiger partial charge < -0.3 is 4.74 Å². The zero-order valence-corrected chi connectivity index (χ0v) is 10.5. The summed E-state index contributed by atoms with van der Waals surface area (Å²) in [5, 5.41) is 0. The van der Waals surface area contributed by atoms with Crippen molar-refractivity contribution in [3.63, 3.8) is 0 Å². The summed E-state index contributed by atoms with van der Waals surface area (Å²) in [6.07, 6.45) is 0. The van der Waals surface area contributed by atoms with Gasteiger partial charge in [-0.25, -0.2) is 0 Å².